The zero-order chi connectivity index (χ0) is 14.1. The van der Waals surface area contributed by atoms with Gasteiger partial charge in [-0.25, -0.2) is 9.97 Å². The summed E-state index contributed by atoms with van der Waals surface area (Å²) in [6, 6.07) is 0.163. The summed E-state index contributed by atoms with van der Waals surface area (Å²) in [6.45, 7) is 3.11. The van der Waals surface area contributed by atoms with E-state index >= 15 is 0 Å². The normalized spacial score (nSPS) is 29.6. The molecule has 2 aliphatic carbocycles. The Morgan fingerprint density at radius 2 is 2.05 bits per heavy atom. The lowest BCUT2D eigenvalue weighted by Crippen LogP contribution is -2.29. The molecule has 3 rings (SSSR count). The fraction of sp³-hybridized carbons (Fsp3) is 0.750. The van der Waals surface area contributed by atoms with E-state index in [2.05, 4.69) is 21.9 Å². The van der Waals surface area contributed by atoms with Gasteiger partial charge < -0.3 is 10.6 Å². The Labute approximate surface area is 121 Å². The van der Waals surface area contributed by atoms with Gasteiger partial charge in [-0.2, -0.15) is 0 Å². The quantitative estimate of drug-likeness (QED) is 0.894. The predicted octanol–water partition coefficient (Wildman–Crippen LogP) is 2.24. The van der Waals surface area contributed by atoms with Gasteiger partial charge >= 0.3 is 0 Å². The van der Waals surface area contributed by atoms with Crippen molar-refractivity contribution < 1.29 is 0 Å². The van der Waals surface area contributed by atoms with Gasteiger partial charge in [-0.15, -0.1) is 0 Å². The van der Waals surface area contributed by atoms with Crippen molar-refractivity contribution >= 4 is 5.95 Å². The van der Waals surface area contributed by atoms with Crippen LogP contribution in [0.15, 0.2) is 12.4 Å². The Kier molecular flexibility index (Phi) is 3.92. The second kappa shape index (κ2) is 5.68. The number of nitrogens with two attached hydrogens (primary N) is 1. The number of aromatic nitrogens is 2. The summed E-state index contributed by atoms with van der Waals surface area (Å²) in [7, 11) is 2.12. The average molecular weight is 274 g/mol. The highest BCUT2D eigenvalue weighted by Gasteiger charge is 2.39. The molecule has 2 bridgehead atoms. The highest BCUT2D eigenvalue weighted by atomic mass is 15.2. The first-order chi connectivity index (χ1) is 9.61. The predicted molar refractivity (Wildman–Crippen MR) is 81.6 cm³/mol. The Bertz CT molecular complexity index is 442. The molecule has 0 aromatic carbocycles. The lowest BCUT2D eigenvalue weighted by atomic mass is 9.88. The molecular formula is C16H26N4. The van der Waals surface area contributed by atoms with Crippen LogP contribution < -0.4 is 10.6 Å². The molecule has 0 saturated heterocycles. The van der Waals surface area contributed by atoms with Gasteiger partial charge in [0.1, 0.15) is 0 Å². The fourth-order valence-corrected chi connectivity index (χ4v) is 4.06. The van der Waals surface area contributed by atoms with E-state index in [9.17, 15) is 0 Å². The molecule has 4 heteroatoms. The maximum atomic E-state index is 5.80. The summed E-state index contributed by atoms with van der Waals surface area (Å²) in [5.74, 6) is 3.67. The highest BCUT2D eigenvalue weighted by Crippen LogP contribution is 2.48. The molecule has 2 aliphatic rings. The van der Waals surface area contributed by atoms with Crippen molar-refractivity contribution in [1.29, 1.82) is 0 Å². The van der Waals surface area contributed by atoms with Crippen molar-refractivity contribution in [2.75, 3.05) is 18.5 Å². The fourth-order valence-electron chi connectivity index (χ4n) is 4.06. The van der Waals surface area contributed by atoms with Gasteiger partial charge in [-0.1, -0.05) is 6.42 Å². The second-order valence-electron chi connectivity index (χ2n) is 6.89. The van der Waals surface area contributed by atoms with Crippen LogP contribution in [0.3, 0.4) is 0 Å². The summed E-state index contributed by atoms with van der Waals surface area (Å²) >= 11 is 0. The minimum absolute atomic E-state index is 0.163. The third kappa shape index (κ3) is 2.95. The van der Waals surface area contributed by atoms with Crippen molar-refractivity contribution in [2.45, 2.75) is 45.1 Å². The molecule has 4 nitrogen and oxygen atoms in total. The minimum atomic E-state index is 0.163. The maximum absolute atomic E-state index is 5.80. The maximum Gasteiger partial charge on any atom is 0.225 e. The summed E-state index contributed by atoms with van der Waals surface area (Å²) in [5.41, 5.74) is 6.92. The van der Waals surface area contributed by atoms with Gasteiger partial charge in [-0.3, -0.25) is 0 Å². The summed E-state index contributed by atoms with van der Waals surface area (Å²) < 4.78 is 0. The second-order valence-corrected chi connectivity index (χ2v) is 6.89. The molecule has 2 N–H and O–H groups in total. The SMILES string of the molecule is CC(N)Cc1cnc(N(C)CC2CC3CCC2C3)nc1. The van der Waals surface area contributed by atoms with Crippen LogP contribution in [-0.2, 0) is 6.42 Å². The van der Waals surface area contributed by atoms with Crippen LogP contribution >= 0.6 is 0 Å². The zero-order valence-corrected chi connectivity index (χ0v) is 12.6. The first-order valence-electron chi connectivity index (χ1n) is 7.89. The van der Waals surface area contributed by atoms with Crippen molar-refractivity contribution in [3.63, 3.8) is 0 Å². The van der Waals surface area contributed by atoms with Gasteiger partial charge in [-0.05, 0) is 55.9 Å². The van der Waals surface area contributed by atoms with Gasteiger partial charge in [0.25, 0.3) is 0 Å². The van der Waals surface area contributed by atoms with E-state index in [-0.39, 0.29) is 6.04 Å². The lowest BCUT2D eigenvalue weighted by molar-refractivity contribution is 0.336. The van der Waals surface area contributed by atoms with Gasteiger partial charge in [0.2, 0.25) is 5.95 Å². The smallest absolute Gasteiger partial charge is 0.225 e. The molecule has 110 valence electrons. The average Bonchev–Trinajstić information content (AvgIpc) is 3.01. The molecule has 4 atom stereocenters. The summed E-state index contributed by atoms with van der Waals surface area (Å²) in [4.78, 5) is 11.2. The molecular weight excluding hydrogens is 248 g/mol. The van der Waals surface area contributed by atoms with Gasteiger partial charge in [0, 0.05) is 32.0 Å². The van der Waals surface area contributed by atoms with Crippen LogP contribution in [0.5, 0.6) is 0 Å². The first kappa shape index (κ1) is 13.8. The van der Waals surface area contributed by atoms with Crippen LogP contribution in [0.1, 0.15) is 38.2 Å². The number of hydrogen-bond donors (Lipinski definition) is 1. The molecule has 0 radical (unpaired) electrons. The largest absolute Gasteiger partial charge is 0.344 e. The number of hydrogen-bond acceptors (Lipinski definition) is 4. The van der Waals surface area contributed by atoms with Gasteiger partial charge in [0.05, 0.1) is 0 Å². The van der Waals surface area contributed by atoms with E-state index in [1.807, 2.05) is 19.3 Å². The zero-order valence-electron chi connectivity index (χ0n) is 12.6. The lowest BCUT2D eigenvalue weighted by Gasteiger charge is -2.27. The monoisotopic (exact) mass is 274 g/mol. The molecule has 1 aromatic rings. The van der Waals surface area contributed by atoms with E-state index in [4.69, 9.17) is 5.73 Å². The molecule has 20 heavy (non-hydrogen) atoms. The van der Waals surface area contributed by atoms with Crippen molar-refractivity contribution in [3.05, 3.63) is 18.0 Å². The third-order valence-corrected chi connectivity index (χ3v) is 4.98. The van der Waals surface area contributed by atoms with E-state index in [1.54, 1.807) is 0 Å². The first-order valence-corrected chi connectivity index (χ1v) is 7.89. The Morgan fingerprint density at radius 3 is 2.60 bits per heavy atom. The molecule has 2 saturated carbocycles. The van der Waals surface area contributed by atoms with Crippen LogP contribution in [0.25, 0.3) is 0 Å². The van der Waals surface area contributed by atoms with E-state index in [0.29, 0.717) is 0 Å². The van der Waals surface area contributed by atoms with Crippen LogP contribution in [0.2, 0.25) is 0 Å². The molecule has 1 heterocycles. The minimum Gasteiger partial charge on any atom is -0.344 e. The van der Waals surface area contributed by atoms with Crippen molar-refractivity contribution in [3.8, 4) is 0 Å². The third-order valence-electron chi connectivity index (χ3n) is 4.98. The van der Waals surface area contributed by atoms with E-state index in [1.165, 1.54) is 25.7 Å². The number of anilines is 1. The van der Waals surface area contributed by atoms with Crippen LogP contribution in [0, 0.1) is 17.8 Å². The number of rotatable bonds is 5. The molecule has 0 aliphatic heterocycles. The molecule has 0 amide bonds. The number of nitrogens with zero attached hydrogens (tertiary/aromatic N) is 3. The van der Waals surface area contributed by atoms with E-state index in [0.717, 1.165) is 42.2 Å². The molecule has 4 unspecified atom stereocenters. The van der Waals surface area contributed by atoms with E-state index < -0.39 is 0 Å². The summed E-state index contributed by atoms with van der Waals surface area (Å²) in [6.07, 6.45) is 10.5. The van der Waals surface area contributed by atoms with Crippen molar-refractivity contribution in [1.82, 2.24) is 9.97 Å². The Morgan fingerprint density at radius 1 is 1.30 bits per heavy atom. The Balaban J connectivity index is 1.58. The highest BCUT2D eigenvalue weighted by molar-refractivity contribution is 5.29. The van der Waals surface area contributed by atoms with Crippen molar-refractivity contribution in [2.24, 2.45) is 23.5 Å². The topological polar surface area (TPSA) is 55.0 Å². The molecule has 2 fully saturated rings. The van der Waals surface area contributed by atoms with Gasteiger partial charge in [0.15, 0.2) is 0 Å². The van der Waals surface area contributed by atoms with Crippen LogP contribution in [-0.4, -0.2) is 29.6 Å². The standard InChI is InChI=1S/C16H26N4/c1-11(17)5-13-8-18-16(19-9-13)20(2)10-15-7-12-3-4-14(15)6-12/h8-9,11-12,14-15H,3-7,10,17H2,1-2H3. The van der Waals surface area contributed by atoms with Crippen LogP contribution in [0.4, 0.5) is 5.95 Å². The molecule has 0 spiro atoms. The summed E-state index contributed by atoms with van der Waals surface area (Å²) in [5, 5.41) is 0. The number of fused-ring (bicyclic) bond motifs is 2. The Hall–Kier alpha value is -1.16. The molecule has 1 aromatic heterocycles.